The van der Waals surface area contributed by atoms with Crippen LogP contribution in [0.1, 0.15) is 47.9 Å². The second-order valence-electron chi connectivity index (χ2n) is 10.9. The van der Waals surface area contributed by atoms with Gasteiger partial charge >= 0.3 is 231 Å². The summed E-state index contributed by atoms with van der Waals surface area (Å²) in [5.74, 6) is 0. The molecule has 0 radical (unpaired) electrons. The summed E-state index contributed by atoms with van der Waals surface area (Å²) in [6.07, 6.45) is 10.5. The molecule has 37 heavy (non-hydrogen) atoms. The van der Waals surface area contributed by atoms with Gasteiger partial charge in [-0.3, -0.25) is 0 Å². The van der Waals surface area contributed by atoms with E-state index < -0.39 is 18.4 Å². The Morgan fingerprint density at radius 1 is 0.297 bits per heavy atom. The fourth-order valence-electron chi connectivity index (χ4n) is 6.00. The molecule has 1 heteroatoms. The molecule has 0 heterocycles. The van der Waals surface area contributed by atoms with Crippen LogP contribution in [0.25, 0.3) is 0 Å². The molecule has 0 saturated heterocycles. The Balaban J connectivity index is 1.44. The summed E-state index contributed by atoms with van der Waals surface area (Å²) in [5, 5.41) is 0. The minimum atomic E-state index is -2.35. The van der Waals surface area contributed by atoms with Crippen LogP contribution in [0.5, 0.6) is 0 Å². The third-order valence-corrected chi connectivity index (χ3v) is 24.2. The van der Waals surface area contributed by atoms with E-state index in [4.69, 9.17) is 0 Å². The van der Waals surface area contributed by atoms with Crippen LogP contribution >= 0.6 is 0 Å². The predicted molar refractivity (Wildman–Crippen MR) is 164 cm³/mol. The van der Waals surface area contributed by atoms with Crippen LogP contribution in [0.2, 0.25) is 17.7 Å². The molecule has 4 aromatic rings. The van der Waals surface area contributed by atoms with Gasteiger partial charge in [0.25, 0.3) is 0 Å². The van der Waals surface area contributed by atoms with Crippen LogP contribution in [0.3, 0.4) is 0 Å². The third kappa shape index (κ3) is 10.2. The van der Waals surface area contributed by atoms with Crippen LogP contribution in [0.4, 0.5) is 0 Å². The fourth-order valence-corrected chi connectivity index (χ4v) is 20.9. The summed E-state index contributed by atoms with van der Waals surface area (Å²) in [6, 6.07) is 44.7. The maximum atomic E-state index is 2.32. The van der Waals surface area contributed by atoms with Gasteiger partial charge in [0.15, 0.2) is 0 Å². The molecule has 0 N–H and O–H groups in total. The van der Waals surface area contributed by atoms with E-state index in [1.165, 1.54) is 73.6 Å². The Hall–Kier alpha value is -2.32. The SMILES string of the molecule is c1ccc(CC[CH2][Sn]([CH2]CCc2ccccc2)([CH2]CCc2ccccc2)[CH2]CCc2ccccc2)cc1. The quantitative estimate of drug-likeness (QED) is 0.113. The zero-order valence-electron chi connectivity index (χ0n) is 22.5. The molecule has 0 aliphatic carbocycles. The number of benzene rings is 4. The van der Waals surface area contributed by atoms with Crippen LogP contribution in [-0.2, 0) is 25.7 Å². The Labute approximate surface area is 230 Å². The third-order valence-electron chi connectivity index (χ3n) is 8.06. The molecular formula is C36H44Sn. The van der Waals surface area contributed by atoms with E-state index in [1.807, 2.05) is 0 Å². The molecular weight excluding hydrogens is 551 g/mol. The van der Waals surface area contributed by atoms with Gasteiger partial charge in [-0.25, -0.2) is 0 Å². The molecule has 0 fully saturated rings. The van der Waals surface area contributed by atoms with Gasteiger partial charge in [-0.2, -0.15) is 0 Å². The topological polar surface area (TPSA) is 0 Å². The van der Waals surface area contributed by atoms with Crippen molar-refractivity contribution in [1.29, 1.82) is 0 Å². The standard InChI is InChI=1S/4C9H11.Sn/c4*1-2-6-9-7-4-3-5-8-9;/h4*3-5,7-8H,1-2,6H2;. The molecule has 0 aromatic heterocycles. The van der Waals surface area contributed by atoms with E-state index in [-0.39, 0.29) is 0 Å². The van der Waals surface area contributed by atoms with Crippen molar-refractivity contribution in [2.75, 3.05) is 0 Å². The second kappa shape index (κ2) is 15.8. The van der Waals surface area contributed by atoms with Crippen molar-refractivity contribution in [3.63, 3.8) is 0 Å². The molecule has 0 aliphatic rings. The van der Waals surface area contributed by atoms with Crippen molar-refractivity contribution >= 4 is 18.4 Å². The van der Waals surface area contributed by atoms with Gasteiger partial charge in [-0.1, -0.05) is 0 Å². The summed E-state index contributed by atoms with van der Waals surface area (Å²) in [6.45, 7) is 0. The van der Waals surface area contributed by atoms with Gasteiger partial charge in [0.1, 0.15) is 0 Å². The molecule has 0 saturated carbocycles. The van der Waals surface area contributed by atoms with Gasteiger partial charge in [-0.05, 0) is 0 Å². The molecule has 4 aromatic carbocycles. The molecule has 4 rings (SSSR count). The van der Waals surface area contributed by atoms with Crippen molar-refractivity contribution in [3.05, 3.63) is 144 Å². The van der Waals surface area contributed by atoms with Gasteiger partial charge in [0.2, 0.25) is 0 Å². The van der Waals surface area contributed by atoms with E-state index in [9.17, 15) is 0 Å². The van der Waals surface area contributed by atoms with Gasteiger partial charge < -0.3 is 0 Å². The van der Waals surface area contributed by atoms with E-state index in [2.05, 4.69) is 121 Å². The van der Waals surface area contributed by atoms with E-state index in [0.717, 1.165) is 0 Å². The van der Waals surface area contributed by atoms with E-state index >= 15 is 0 Å². The normalized spacial score (nSPS) is 11.5. The first-order chi connectivity index (χ1) is 18.3. The van der Waals surface area contributed by atoms with E-state index in [1.54, 1.807) is 17.7 Å². The molecule has 0 spiro atoms. The van der Waals surface area contributed by atoms with Crippen molar-refractivity contribution < 1.29 is 0 Å². The number of hydrogen-bond acceptors (Lipinski definition) is 0. The van der Waals surface area contributed by atoms with Crippen LogP contribution in [0, 0.1) is 0 Å². The van der Waals surface area contributed by atoms with Crippen molar-refractivity contribution in [2.45, 2.75) is 69.1 Å². The van der Waals surface area contributed by atoms with Crippen LogP contribution < -0.4 is 0 Å². The average molecular weight is 595 g/mol. The van der Waals surface area contributed by atoms with Crippen molar-refractivity contribution in [2.24, 2.45) is 0 Å². The van der Waals surface area contributed by atoms with Crippen molar-refractivity contribution in [1.82, 2.24) is 0 Å². The molecule has 192 valence electrons. The predicted octanol–water partition coefficient (Wildman–Crippen LogP) is 9.97. The zero-order valence-corrected chi connectivity index (χ0v) is 25.4. The number of rotatable bonds is 16. The fraction of sp³-hybridized carbons (Fsp3) is 0.333. The molecule has 0 unspecified atom stereocenters. The number of hydrogen-bond donors (Lipinski definition) is 0. The second-order valence-corrected chi connectivity index (χ2v) is 25.1. The first-order valence-electron chi connectivity index (χ1n) is 14.5. The Kier molecular flexibility index (Phi) is 11.8. The molecule has 0 nitrogen and oxygen atoms in total. The first-order valence-corrected chi connectivity index (χ1v) is 22.5. The Morgan fingerprint density at radius 2 is 0.514 bits per heavy atom. The van der Waals surface area contributed by atoms with Crippen LogP contribution in [-0.4, -0.2) is 18.4 Å². The van der Waals surface area contributed by atoms with Gasteiger partial charge in [0.05, 0.1) is 0 Å². The maximum absolute atomic E-state index is 2.35. The molecule has 0 amide bonds. The molecule has 0 bridgehead atoms. The summed E-state index contributed by atoms with van der Waals surface area (Å²) < 4.78 is 6.17. The van der Waals surface area contributed by atoms with Gasteiger partial charge in [-0.15, -0.1) is 0 Å². The van der Waals surface area contributed by atoms with Gasteiger partial charge in [0, 0.05) is 0 Å². The average Bonchev–Trinajstić information content (AvgIpc) is 2.95. The minimum absolute atomic E-state index is 1.25. The van der Waals surface area contributed by atoms with E-state index in [0.29, 0.717) is 0 Å². The first kappa shape index (κ1) is 27.7. The molecule has 0 atom stereocenters. The molecule has 0 aliphatic heterocycles. The Bertz CT molecular complexity index is 919. The summed E-state index contributed by atoms with van der Waals surface area (Å²) >= 11 is -2.35. The number of aryl methyl sites for hydroxylation is 4. The van der Waals surface area contributed by atoms with Crippen molar-refractivity contribution in [3.8, 4) is 0 Å². The van der Waals surface area contributed by atoms with Crippen LogP contribution in [0.15, 0.2) is 121 Å². The summed E-state index contributed by atoms with van der Waals surface area (Å²) in [7, 11) is 0. The zero-order chi connectivity index (χ0) is 25.4. The Morgan fingerprint density at radius 3 is 0.730 bits per heavy atom. The monoisotopic (exact) mass is 596 g/mol. The summed E-state index contributed by atoms with van der Waals surface area (Å²) in [5.41, 5.74) is 6.06. The summed E-state index contributed by atoms with van der Waals surface area (Å²) in [4.78, 5) is 0.